The Morgan fingerprint density at radius 1 is 1.03 bits per heavy atom. The maximum atomic E-state index is 12.9. The van der Waals surface area contributed by atoms with Crippen LogP contribution in [0.4, 0.5) is 5.69 Å². The molecule has 2 aromatic carbocycles. The van der Waals surface area contributed by atoms with Gasteiger partial charge in [0.1, 0.15) is 9.88 Å². The summed E-state index contributed by atoms with van der Waals surface area (Å²) < 4.78 is 0. The number of carbonyl (C=O) groups excluding carboxylic acids is 2. The number of carbonyl (C=O) groups is 2. The van der Waals surface area contributed by atoms with Gasteiger partial charge < -0.3 is 10.2 Å². The summed E-state index contributed by atoms with van der Waals surface area (Å²) in [6.45, 7) is 7.76. The molecule has 0 saturated carbocycles. The van der Waals surface area contributed by atoms with E-state index in [2.05, 4.69) is 10.3 Å². The average Bonchev–Trinajstić information content (AvgIpc) is 3.06. The number of hydrogen-bond donors (Lipinski definition) is 1. The highest BCUT2D eigenvalue weighted by Gasteiger charge is 2.21. The molecule has 0 unspecified atom stereocenters. The molecule has 0 aliphatic carbocycles. The summed E-state index contributed by atoms with van der Waals surface area (Å²) in [7, 11) is 1.64. The van der Waals surface area contributed by atoms with Crippen LogP contribution in [0.3, 0.4) is 0 Å². The molecule has 2 amide bonds. The first-order valence-corrected chi connectivity index (χ1v) is 10.2. The highest BCUT2D eigenvalue weighted by Crippen LogP contribution is 2.28. The molecule has 0 atom stereocenters. The minimum Gasteiger partial charge on any atom is -0.332 e. The van der Waals surface area contributed by atoms with Crippen molar-refractivity contribution in [1.82, 2.24) is 9.88 Å². The molecule has 0 aliphatic heterocycles. The Morgan fingerprint density at radius 3 is 2.28 bits per heavy atom. The van der Waals surface area contributed by atoms with Crippen molar-refractivity contribution in [3.8, 4) is 10.6 Å². The first-order chi connectivity index (χ1) is 13.8. The van der Waals surface area contributed by atoms with E-state index in [1.54, 1.807) is 7.05 Å². The van der Waals surface area contributed by atoms with E-state index in [0.717, 1.165) is 32.9 Å². The Labute approximate surface area is 175 Å². The van der Waals surface area contributed by atoms with Crippen LogP contribution in [0.5, 0.6) is 0 Å². The molecule has 150 valence electrons. The van der Waals surface area contributed by atoms with Gasteiger partial charge in [0.2, 0.25) is 5.91 Å². The topological polar surface area (TPSA) is 62.3 Å². The largest absolute Gasteiger partial charge is 0.332 e. The van der Waals surface area contributed by atoms with Crippen molar-refractivity contribution >= 4 is 28.8 Å². The van der Waals surface area contributed by atoms with Gasteiger partial charge in [-0.3, -0.25) is 9.59 Å². The third kappa shape index (κ3) is 4.71. The second-order valence-electron chi connectivity index (χ2n) is 7.28. The van der Waals surface area contributed by atoms with Crippen LogP contribution in [-0.2, 0) is 4.79 Å². The molecule has 29 heavy (non-hydrogen) atoms. The predicted octanol–water partition coefficient (Wildman–Crippen LogP) is 4.75. The minimum atomic E-state index is -0.221. The van der Waals surface area contributed by atoms with Crippen molar-refractivity contribution < 1.29 is 9.59 Å². The molecule has 0 aliphatic rings. The Morgan fingerprint density at radius 2 is 1.66 bits per heavy atom. The van der Waals surface area contributed by atoms with Gasteiger partial charge >= 0.3 is 0 Å². The third-order valence-corrected chi connectivity index (χ3v) is 5.87. The lowest BCUT2D eigenvalue weighted by Crippen LogP contribution is -2.35. The van der Waals surface area contributed by atoms with E-state index in [1.165, 1.54) is 16.2 Å². The third-order valence-electron chi connectivity index (χ3n) is 4.68. The number of thiazole rings is 1. The SMILES string of the molecule is Cc1cc(C)c(NC(=O)CN(C)C(=O)c2sc(-c3ccccc3)nc2C)c(C)c1. The van der Waals surface area contributed by atoms with Crippen LogP contribution in [0.25, 0.3) is 10.6 Å². The molecule has 3 rings (SSSR count). The lowest BCUT2D eigenvalue weighted by atomic mass is 10.1. The second kappa shape index (κ2) is 8.57. The van der Waals surface area contributed by atoms with Gasteiger partial charge in [0.05, 0.1) is 12.2 Å². The highest BCUT2D eigenvalue weighted by atomic mass is 32.1. The number of nitrogens with zero attached hydrogens (tertiary/aromatic N) is 2. The van der Waals surface area contributed by atoms with Crippen LogP contribution in [-0.4, -0.2) is 35.3 Å². The summed E-state index contributed by atoms with van der Waals surface area (Å²) in [6.07, 6.45) is 0. The van der Waals surface area contributed by atoms with Gasteiger partial charge in [0.15, 0.2) is 0 Å². The van der Waals surface area contributed by atoms with Crippen molar-refractivity contribution in [2.75, 3.05) is 18.9 Å². The number of anilines is 1. The number of amides is 2. The van der Waals surface area contributed by atoms with E-state index in [9.17, 15) is 9.59 Å². The fraction of sp³-hybridized carbons (Fsp3) is 0.261. The van der Waals surface area contributed by atoms with Crippen molar-refractivity contribution in [3.63, 3.8) is 0 Å². The summed E-state index contributed by atoms with van der Waals surface area (Å²) in [6, 6.07) is 13.8. The normalized spacial score (nSPS) is 10.7. The average molecular weight is 408 g/mol. The van der Waals surface area contributed by atoms with Gasteiger partial charge in [-0.1, -0.05) is 48.0 Å². The Bertz CT molecular complexity index is 1030. The molecule has 1 aromatic heterocycles. The van der Waals surface area contributed by atoms with Crippen LogP contribution in [0, 0.1) is 27.7 Å². The fourth-order valence-corrected chi connectivity index (χ4v) is 4.38. The van der Waals surface area contributed by atoms with Crippen LogP contribution in [0.1, 0.15) is 32.1 Å². The Kier molecular flexibility index (Phi) is 6.13. The zero-order valence-electron chi connectivity index (χ0n) is 17.4. The molecule has 0 fully saturated rings. The number of aromatic nitrogens is 1. The lowest BCUT2D eigenvalue weighted by Gasteiger charge is -2.18. The summed E-state index contributed by atoms with van der Waals surface area (Å²) in [4.78, 5) is 32.0. The van der Waals surface area contributed by atoms with E-state index < -0.39 is 0 Å². The van der Waals surface area contributed by atoms with Crippen molar-refractivity contribution in [2.45, 2.75) is 27.7 Å². The lowest BCUT2D eigenvalue weighted by molar-refractivity contribution is -0.116. The highest BCUT2D eigenvalue weighted by molar-refractivity contribution is 7.17. The fourth-order valence-electron chi connectivity index (χ4n) is 3.32. The maximum Gasteiger partial charge on any atom is 0.266 e. The van der Waals surface area contributed by atoms with E-state index in [4.69, 9.17) is 0 Å². The molecule has 1 N–H and O–H groups in total. The Balaban J connectivity index is 1.71. The summed E-state index contributed by atoms with van der Waals surface area (Å²) in [5, 5.41) is 3.74. The molecule has 0 radical (unpaired) electrons. The standard InChI is InChI=1S/C23H25N3O2S/c1-14-11-15(2)20(16(3)12-14)25-19(27)13-26(5)23(28)21-17(4)24-22(29-21)18-9-7-6-8-10-18/h6-12H,13H2,1-5H3,(H,25,27). The number of likely N-dealkylation sites (N-methyl/N-ethyl adjacent to an activating group) is 1. The van der Waals surface area contributed by atoms with Gasteiger partial charge in [-0.2, -0.15) is 0 Å². The number of hydrogen-bond acceptors (Lipinski definition) is 4. The molecular weight excluding hydrogens is 382 g/mol. The quantitative estimate of drug-likeness (QED) is 0.664. The molecule has 6 heteroatoms. The monoisotopic (exact) mass is 407 g/mol. The van der Waals surface area contributed by atoms with Crippen molar-refractivity contribution in [2.24, 2.45) is 0 Å². The van der Waals surface area contributed by atoms with E-state index in [1.807, 2.05) is 70.2 Å². The number of aryl methyl sites for hydroxylation is 4. The second-order valence-corrected chi connectivity index (χ2v) is 8.28. The molecular formula is C23H25N3O2S. The Hall–Kier alpha value is -2.99. The van der Waals surface area contributed by atoms with Gasteiger partial charge in [0, 0.05) is 18.3 Å². The van der Waals surface area contributed by atoms with Gasteiger partial charge in [-0.25, -0.2) is 4.98 Å². The summed E-state index contributed by atoms with van der Waals surface area (Å²) in [5.41, 5.74) is 5.63. The molecule has 0 spiro atoms. The zero-order chi connectivity index (χ0) is 21.1. The molecule has 1 heterocycles. The zero-order valence-corrected chi connectivity index (χ0v) is 18.2. The van der Waals surface area contributed by atoms with Crippen LogP contribution in [0.15, 0.2) is 42.5 Å². The number of benzene rings is 2. The van der Waals surface area contributed by atoms with E-state index >= 15 is 0 Å². The van der Waals surface area contributed by atoms with Crippen LogP contribution >= 0.6 is 11.3 Å². The smallest absolute Gasteiger partial charge is 0.266 e. The molecule has 5 nitrogen and oxygen atoms in total. The minimum absolute atomic E-state index is 0.0242. The van der Waals surface area contributed by atoms with Crippen LogP contribution in [0.2, 0.25) is 0 Å². The molecule has 0 bridgehead atoms. The van der Waals surface area contributed by atoms with Crippen LogP contribution < -0.4 is 5.32 Å². The first kappa shape index (κ1) is 20.7. The van der Waals surface area contributed by atoms with E-state index in [-0.39, 0.29) is 18.4 Å². The number of nitrogens with one attached hydrogen (secondary N) is 1. The van der Waals surface area contributed by atoms with Gasteiger partial charge in [0.25, 0.3) is 5.91 Å². The van der Waals surface area contributed by atoms with Gasteiger partial charge in [-0.15, -0.1) is 11.3 Å². The van der Waals surface area contributed by atoms with Crippen molar-refractivity contribution in [3.05, 3.63) is 69.7 Å². The first-order valence-electron chi connectivity index (χ1n) is 9.42. The predicted molar refractivity (Wildman–Crippen MR) is 119 cm³/mol. The number of rotatable bonds is 5. The molecule has 0 saturated heterocycles. The van der Waals surface area contributed by atoms with Gasteiger partial charge in [-0.05, 0) is 38.8 Å². The summed E-state index contributed by atoms with van der Waals surface area (Å²) >= 11 is 1.35. The summed E-state index contributed by atoms with van der Waals surface area (Å²) in [5.74, 6) is -0.420. The van der Waals surface area contributed by atoms with E-state index in [0.29, 0.717) is 10.6 Å². The van der Waals surface area contributed by atoms with Crippen molar-refractivity contribution in [1.29, 1.82) is 0 Å². The molecule has 3 aromatic rings. The maximum absolute atomic E-state index is 12.9.